The van der Waals surface area contributed by atoms with Gasteiger partial charge in [-0.2, -0.15) is 0 Å². The lowest BCUT2D eigenvalue weighted by molar-refractivity contribution is -0.146. The fourth-order valence-electron chi connectivity index (χ4n) is 2.94. The topological polar surface area (TPSA) is 55.4 Å². The van der Waals surface area contributed by atoms with E-state index in [-0.39, 0.29) is 18.9 Å². The lowest BCUT2D eigenvalue weighted by Gasteiger charge is -2.10. The molecule has 0 aliphatic carbocycles. The first kappa shape index (κ1) is 17.7. The molecule has 0 radical (unpaired) electrons. The minimum absolute atomic E-state index is 0.139. The lowest BCUT2D eigenvalue weighted by atomic mass is 10.0. The zero-order valence-corrected chi connectivity index (χ0v) is 14.7. The average molecular weight is 347 g/mol. The van der Waals surface area contributed by atoms with Gasteiger partial charge in [-0.15, -0.1) is 0 Å². The minimum Gasteiger partial charge on any atom is -0.455 e. The van der Waals surface area contributed by atoms with Crippen molar-refractivity contribution >= 4 is 28.3 Å². The van der Waals surface area contributed by atoms with Gasteiger partial charge in [-0.1, -0.05) is 67.6 Å². The van der Waals surface area contributed by atoms with E-state index in [4.69, 9.17) is 4.74 Å². The van der Waals surface area contributed by atoms with Gasteiger partial charge in [-0.3, -0.25) is 9.59 Å². The van der Waals surface area contributed by atoms with Crippen molar-refractivity contribution in [2.24, 2.45) is 0 Å². The van der Waals surface area contributed by atoms with Crippen LogP contribution in [0.3, 0.4) is 0 Å². The molecule has 132 valence electrons. The maximum atomic E-state index is 12.1. The summed E-state index contributed by atoms with van der Waals surface area (Å²) in [6, 6.07) is 21.3. The summed E-state index contributed by atoms with van der Waals surface area (Å²) in [5.74, 6) is -0.752. The molecule has 1 N–H and O–H groups in total. The zero-order valence-electron chi connectivity index (χ0n) is 14.7. The van der Waals surface area contributed by atoms with Crippen LogP contribution >= 0.6 is 0 Å². The maximum absolute atomic E-state index is 12.1. The highest BCUT2D eigenvalue weighted by atomic mass is 16.5. The normalized spacial score (nSPS) is 10.5. The van der Waals surface area contributed by atoms with Gasteiger partial charge in [0.05, 0.1) is 6.42 Å². The predicted octanol–water partition coefficient (Wildman–Crippen LogP) is 4.13. The van der Waals surface area contributed by atoms with Crippen LogP contribution in [0.5, 0.6) is 0 Å². The van der Waals surface area contributed by atoms with E-state index in [0.717, 1.165) is 34.0 Å². The molecule has 1 amide bonds. The largest absolute Gasteiger partial charge is 0.455 e. The van der Waals surface area contributed by atoms with Crippen LogP contribution in [-0.2, 0) is 27.2 Å². The molecule has 0 fully saturated rings. The molecule has 0 aliphatic rings. The number of hydrogen-bond acceptors (Lipinski definition) is 3. The molecule has 0 saturated heterocycles. The molecule has 0 heterocycles. The molecule has 3 aromatic rings. The second-order valence-corrected chi connectivity index (χ2v) is 6.03. The second-order valence-electron chi connectivity index (χ2n) is 6.03. The Hall–Kier alpha value is -3.14. The Balaban J connectivity index is 1.57. The molecule has 0 aliphatic heterocycles. The summed E-state index contributed by atoms with van der Waals surface area (Å²) in [5.41, 5.74) is 2.69. The molecule has 26 heavy (non-hydrogen) atoms. The third kappa shape index (κ3) is 4.28. The van der Waals surface area contributed by atoms with Crippen molar-refractivity contribution in [3.05, 3.63) is 77.9 Å². The highest BCUT2D eigenvalue weighted by Crippen LogP contribution is 2.19. The van der Waals surface area contributed by atoms with E-state index in [1.54, 1.807) is 0 Å². The third-order valence-corrected chi connectivity index (χ3v) is 4.25. The summed E-state index contributed by atoms with van der Waals surface area (Å²) in [6.07, 6.45) is 0.956. The molecule has 0 unspecified atom stereocenters. The van der Waals surface area contributed by atoms with Crippen molar-refractivity contribution in [2.75, 3.05) is 11.9 Å². The fraction of sp³-hybridized carbons (Fsp3) is 0.182. The number of benzene rings is 3. The number of nitrogens with one attached hydrogen (secondary N) is 1. The van der Waals surface area contributed by atoms with Crippen molar-refractivity contribution in [3.63, 3.8) is 0 Å². The summed E-state index contributed by atoms with van der Waals surface area (Å²) < 4.78 is 5.15. The summed E-state index contributed by atoms with van der Waals surface area (Å²) in [4.78, 5) is 24.2. The van der Waals surface area contributed by atoms with E-state index in [0.29, 0.717) is 0 Å². The van der Waals surface area contributed by atoms with Crippen LogP contribution in [0.2, 0.25) is 0 Å². The summed E-state index contributed by atoms with van der Waals surface area (Å²) >= 11 is 0. The van der Waals surface area contributed by atoms with Crippen LogP contribution in [0.25, 0.3) is 10.8 Å². The van der Waals surface area contributed by atoms with Crippen LogP contribution in [-0.4, -0.2) is 18.5 Å². The quantitative estimate of drug-likeness (QED) is 0.682. The highest BCUT2D eigenvalue weighted by Gasteiger charge is 2.11. The number of anilines is 1. The molecule has 0 aromatic heterocycles. The number of fused-ring (bicyclic) bond motifs is 1. The van der Waals surface area contributed by atoms with E-state index in [2.05, 4.69) is 5.32 Å². The van der Waals surface area contributed by atoms with Crippen molar-refractivity contribution in [3.8, 4) is 0 Å². The molecule has 0 saturated carbocycles. The summed E-state index contributed by atoms with van der Waals surface area (Å²) in [5, 5.41) is 4.89. The number of aryl methyl sites for hydroxylation is 1. The van der Waals surface area contributed by atoms with Gasteiger partial charge in [0, 0.05) is 5.69 Å². The average Bonchev–Trinajstić information content (AvgIpc) is 2.67. The van der Waals surface area contributed by atoms with Gasteiger partial charge < -0.3 is 10.1 Å². The number of carbonyl (C=O) groups is 2. The molecular formula is C22H21NO3. The Morgan fingerprint density at radius 1 is 0.885 bits per heavy atom. The standard InChI is InChI=1S/C22H21NO3/c1-2-16-8-4-6-13-20(16)23-21(24)15-26-22(25)14-18-11-7-10-17-9-3-5-12-19(17)18/h3-13H,2,14-15H2,1H3,(H,23,24). The Kier molecular flexibility index (Phi) is 5.64. The Morgan fingerprint density at radius 3 is 2.42 bits per heavy atom. The first-order chi connectivity index (χ1) is 12.7. The number of amides is 1. The molecular weight excluding hydrogens is 326 g/mol. The lowest BCUT2D eigenvalue weighted by Crippen LogP contribution is -2.22. The number of ether oxygens (including phenoxy) is 1. The monoisotopic (exact) mass is 347 g/mol. The van der Waals surface area contributed by atoms with Crippen molar-refractivity contribution in [2.45, 2.75) is 19.8 Å². The SMILES string of the molecule is CCc1ccccc1NC(=O)COC(=O)Cc1cccc2ccccc12. The predicted molar refractivity (Wildman–Crippen MR) is 103 cm³/mol. The van der Waals surface area contributed by atoms with Crippen molar-refractivity contribution in [1.82, 2.24) is 0 Å². The van der Waals surface area contributed by atoms with Crippen LogP contribution in [0, 0.1) is 0 Å². The Morgan fingerprint density at radius 2 is 1.58 bits per heavy atom. The van der Waals surface area contributed by atoms with Crippen LogP contribution in [0.15, 0.2) is 66.7 Å². The second kappa shape index (κ2) is 8.30. The van der Waals surface area contributed by atoms with Gasteiger partial charge in [0.25, 0.3) is 5.91 Å². The third-order valence-electron chi connectivity index (χ3n) is 4.25. The number of carbonyl (C=O) groups excluding carboxylic acids is 2. The first-order valence-electron chi connectivity index (χ1n) is 8.67. The molecule has 0 atom stereocenters. The minimum atomic E-state index is -0.416. The van der Waals surface area contributed by atoms with Gasteiger partial charge in [-0.05, 0) is 34.4 Å². The number of para-hydroxylation sites is 1. The van der Waals surface area contributed by atoms with Gasteiger partial charge in [0.2, 0.25) is 0 Å². The van der Waals surface area contributed by atoms with E-state index in [9.17, 15) is 9.59 Å². The van der Waals surface area contributed by atoms with Crippen LogP contribution < -0.4 is 5.32 Å². The van der Waals surface area contributed by atoms with E-state index < -0.39 is 5.97 Å². The molecule has 4 nitrogen and oxygen atoms in total. The Labute approximate surface area is 152 Å². The van der Waals surface area contributed by atoms with Crippen LogP contribution in [0.4, 0.5) is 5.69 Å². The zero-order chi connectivity index (χ0) is 18.4. The van der Waals surface area contributed by atoms with Gasteiger partial charge in [-0.25, -0.2) is 0 Å². The number of rotatable bonds is 6. The number of esters is 1. The summed E-state index contributed by atoms with van der Waals surface area (Å²) in [7, 11) is 0. The van der Waals surface area contributed by atoms with E-state index in [1.165, 1.54) is 0 Å². The highest BCUT2D eigenvalue weighted by molar-refractivity contribution is 5.94. The molecule has 3 rings (SSSR count). The van der Waals surface area contributed by atoms with E-state index >= 15 is 0 Å². The number of hydrogen-bond donors (Lipinski definition) is 1. The first-order valence-corrected chi connectivity index (χ1v) is 8.67. The van der Waals surface area contributed by atoms with Gasteiger partial charge >= 0.3 is 5.97 Å². The molecule has 4 heteroatoms. The van der Waals surface area contributed by atoms with Crippen molar-refractivity contribution < 1.29 is 14.3 Å². The molecule has 3 aromatic carbocycles. The van der Waals surface area contributed by atoms with Gasteiger partial charge in [0.1, 0.15) is 0 Å². The van der Waals surface area contributed by atoms with Crippen molar-refractivity contribution in [1.29, 1.82) is 0 Å². The smallest absolute Gasteiger partial charge is 0.310 e. The fourth-order valence-corrected chi connectivity index (χ4v) is 2.94. The molecule has 0 spiro atoms. The van der Waals surface area contributed by atoms with Crippen LogP contribution in [0.1, 0.15) is 18.1 Å². The summed E-state index contributed by atoms with van der Waals surface area (Å²) in [6.45, 7) is 1.73. The van der Waals surface area contributed by atoms with Gasteiger partial charge in [0.15, 0.2) is 6.61 Å². The van der Waals surface area contributed by atoms with E-state index in [1.807, 2.05) is 73.7 Å². The molecule has 0 bridgehead atoms. The Bertz CT molecular complexity index is 928. The maximum Gasteiger partial charge on any atom is 0.310 e.